The van der Waals surface area contributed by atoms with Gasteiger partial charge in [0.1, 0.15) is 4.64 Å². The Labute approximate surface area is 97.6 Å². The van der Waals surface area contributed by atoms with Crippen LogP contribution in [0.1, 0.15) is 6.92 Å². The molecule has 16 heavy (non-hydrogen) atoms. The normalized spacial score (nSPS) is 10.3. The molecule has 0 spiro atoms. The maximum absolute atomic E-state index is 11.7. The van der Waals surface area contributed by atoms with Gasteiger partial charge in [-0.3, -0.25) is 14.5 Å². The molecule has 0 aromatic carbocycles. The topological polar surface area (TPSA) is 50.7 Å². The highest BCUT2D eigenvalue weighted by atomic mass is 32.1. The second kappa shape index (κ2) is 4.40. The third-order valence-corrected chi connectivity index (χ3v) is 2.53. The number of hydrogen-bond donors (Lipinski definition) is 1. The van der Waals surface area contributed by atoms with Crippen LogP contribution >= 0.6 is 12.2 Å². The molecule has 0 radical (unpaired) electrons. The fourth-order valence-corrected chi connectivity index (χ4v) is 1.79. The first-order valence-electron chi connectivity index (χ1n) is 4.97. The van der Waals surface area contributed by atoms with Gasteiger partial charge in [0.15, 0.2) is 0 Å². The highest BCUT2D eigenvalue weighted by molar-refractivity contribution is 7.71. The summed E-state index contributed by atoms with van der Waals surface area (Å²) in [4.78, 5) is 18.3. The number of hydrogen-bond acceptors (Lipinski definition) is 3. The van der Waals surface area contributed by atoms with Crippen LogP contribution in [0.4, 0.5) is 0 Å². The molecule has 2 aromatic rings. The van der Waals surface area contributed by atoms with Crippen molar-refractivity contribution in [1.29, 1.82) is 0 Å². The monoisotopic (exact) mass is 233 g/mol. The first-order valence-corrected chi connectivity index (χ1v) is 5.37. The molecule has 0 atom stereocenters. The van der Waals surface area contributed by atoms with Crippen LogP contribution in [-0.2, 0) is 6.54 Å². The molecule has 0 amide bonds. The SMILES string of the molecule is CCn1c(-c2cccnc2)cc(=S)[nH]c1=O. The standard InChI is InChI=1S/C11H11N3OS/c1-2-14-9(6-10(16)13-11(14)15)8-4-3-5-12-7-8/h3-7H,2H2,1H3,(H,13,15,16). The number of pyridine rings is 1. The molecule has 0 aliphatic heterocycles. The summed E-state index contributed by atoms with van der Waals surface area (Å²) in [6.45, 7) is 2.51. The Morgan fingerprint density at radius 1 is 1.56 bits per heavy atom. The Balaban J connectivity index is 2.74. The molecule has 0 aliphatic carbocycles. The lowest BCUT2D eigenvalue weighted by molar-refractivity contribution is 0.705. The van der Waals surface area contributed by atoms with Crippen LogP contribution in [0.2, 0.25) is 0 Å². The van der Waals surface area contributed by atoms with E-state index in [1.165, 1.54) is 0 Å². The van der Waals surface area contributed by atoms with Gasteiger partial charge in [0.05, 0.1) is 5.69 Å². The Kier molecular flexibility index (Phi) is 2.96. The van der Waals surface area contributed by atoms with E-state index in [0.29, 0.717) is 11.2 Å². The molecule has 4 nitrogen and oxygen atoms in total. The number of nitrogens with zero attached hydrogens (tertiary/aromatic N) is 2. The van der Waals surface area contributed by atoms with Crippen LogP contribution in [0.15, 0.2) is 35.4 Å². The fraction of sp³-hybridized carbons (Fsp3) is 0.182. The minimum Gasteiger partial charge on any atom is -0.298 e. The van der Waals surface area contributed by atoms with Gasteiger partial charge < -0.3 is 0 Å². The average Bonchev–Trinajstić information content (AvgIpc) is 2.29. The van der Waals surface area contributed by atoms with Crippen LogP contribution in [-0.4, -0.2) is 14.5 Å². The van der Waals surface area contributed by atoms with Crippen molar-refractivity contribution in [2.75, 3.05) is 0 Å². The fourth-order valence-electron chi connectivity index (χ4n) is 1.59. The van der Waals surface area contributed by atoms with Gasteiger partial charge in [0, 0.05) is 24.5 Å². The first-order chi connectivity index (χ1) is 7.72. The molecule has 0 unspecified atom stereocenters. The van der Waals surface area contributed by atoms with Crippen molar-refractivity contribution in [1.82, 2.24) is 14.5 Å². The molecular weight excluding hydrogens is 222 g/mol. The van der Waals surface area contributed by atoms with Crippen LogP contribution in [0.3, 0.4) is 0 Å². The summed E-state index contributed by atoms with van der Waals surface area (Å²) in [6.07, 6.45) is 3.41. The molecule has 2 rings (SSSR count). The summed E-state index contributed by atoms with van der Waals surface area (Å²) in [5.74, 6) is 0. The molecule has 0 fully saturated rings. The predicted molar refractivity (Wildman–Crippen MR) is 64.8 cm³/mol. The van der Waals surface area contributed by atoms with Gasteiger partial charge in [0.25, 0.3) is 0 Å². The van der Waals surface area contributed by atoms with Gasteiger partial charge >= 0.3 is 5.69 Å². The molecule has 0 saturated carbocycles. The Morgan fingerprint density at radius 3 is 3.00 bits per heavy atom. The molecule has 5 heteroatoms. The van der Waals surface area contributed by atoms with Gasteiger partial charge in [-0.05, 0) is 25.1 Å². The van der Waals surface area contributed by atoms with Gasteiger partial charge in [-0.25, -0.2) is 4.79 Å². The third kappa shape index (κ3) is 1.94. The molecule has 2 aromatic heterocycles. The van der Waals surface area contributed by atoms with E-state index in [0.717, 1.165) is 11.3 Å². The van der Waals surface area contributed by atoms with Crippen molar-refractivity contribution in [3.05, 3.63) is 45.7 Å². The molecule has 82 valence electrons. The van der Waals surface area contributed by atoms with E-state index in [1.54, 1.807) is 23.0 Å². The second-order valence-electron chi connectivity index (χ2n) is 3.31. The van der Waals surface area contributed by atoms with Crippen molar-refractivity contribution in [3.63, 3.8) is 0 Å². The number of aromatic amines is 1. The van der Waals surface area contributed by atoms with E-state index in [1.807, 2.05) is 19.1 Å². The molecule has 2 heterocycles. The summed E-state index contributed by atoms with van der Waals surface area (Å²) < 4.78 is 2.07. The van der Waals surface area contributed by atoms with E-state index in [9.17, 15) is 4.79 Å². The van der Waals surface area contributed by atoms with Crippen molar-refractivity contribution in [2.24, 2.45) is 0 Å². The number of H-pyrrole nitrogens is 1. The smallest absolute Gasteiger partial charge is 0.298 e. The highest BCUT2D eigenvalue weighted by Gasteiger charge is 2.05. The quantitative estimate of drug-likeness (QED) is 0.807. The van der Waals surface area contributed by atoms with Crippen LogP contribution < -0.4 is 5.69 Å². The van der Waals surface area contributed by atoms with Gasteiger partial charge in [-0.15, -0.1) is 0 Å². The lowest BCUT2D eigenvalue weighted by Crippen LogP contribution is -2.23. The van der Waals surface area contributed by atoms with E-state index in [-0.39, 0.29) is 5.69 Å². The summed E-state index contributed by atoms with van der Waals surface area (Å²) in [7, 11) is 0. The van der Waals surface area contributed by atoms with E-state index >= 15 is 0 Å². The predicted octanol–water partition coefficient (Wildman–Crippen LogP) is 1.99. The zero-order valence-corrected chi connectivity index (χ0v) is 9.62. The van der Waals surface area contributed by atoms with Crippen molar-refractivity contribution in [3.8, 4) is 11.3 Å². The van der Waals surface area contributed by atoms with Crippen LogP contribution in [0.25, 0.3) is 11.3 Å². The number of aromatic nitrogens is 3. The Hall–Kier alpha value is -1.75. The van der Waals surface area contributed by atoms with Gasteiger partial charge in [-0.2, -0.15) is 0 Å². The lowest BCUT2D eigenvalue weighted by atomic mass is 10.2. The highest BCUT2D eigenvalue weighted by Crippen LogP contribution is 2.15. The Bertz CT molecular complexity index is 601. The molecular formula is C11H11N3OS. The van der Waals surface area contributed by atoms with Gasteiger partial charge in [0.2, 0.25) is 0 Å². The molecule has 0 saturated heterocycles. The minimum atomic E-state index is -0.186. The zero-order valence-electron chi connectivity index (χ0n) is 8.80. The average molecular weight is 233 g/mol. The van der Waals surface area contributed by atoms with Crippen molar-refractivity contribution < 1.29 is 0 Å². The number of rotatable bonds is 2. The summed E-state index contributed by atoms with van der Waals surface area (Å²) in [6, 6.07) is 5.51. The molecule has 0 aliphatic rings. The summed E-state index contributed by atoms with van der Waals surface area (Å²) >= 11 is 5.01. The van der Waals surface area contributed by atoms with E-state index < -0.39 is 0 Å². The summed E-state index contributed by atoms with van der Waals surface area (Å²) in [5, 5.41) is 0. The van der Waals surface area contributed by atoms with E-state index in [2.05, 4.69) is 9.97 Å². The summed E-state index contributed by atoms with van der Waals surface area (Å²) in [5.41, 5.74) is 1.50. The van der Waals surface area contributed by atoms with Crippen LogP contribution in [0, 0.1) is 4.64 Å². The largest absolute Gasteiger partial charge is 0.326 e. The van der Waals surface area contributed by atoms with Crippen molar-refractivity contribution in [2.45, 2.75) is 13.5 Å². The first kappa shape index (κ1) is 10.8. The van der Waals surface area contributed by atoms with Crippen molar-refractivity contribution >= 4 is 12.2 Å². The number of nitrogens with one attached hydrogen (secondary N) is 1. The molecule has 0 bridgehead atoms. The van der Waals surface area contributed by atoms with E-state index in [4.69, 9.17) is 12.2 Å². The maximum Gasteiger partial charge on any atom is 0.326 e. The lowest BCUT2D eigenvalue weighted by Gasteiger charge is -2.09. The Morgan fingerprint density at radius 2 is 2.38 bits per heavy atom. The zero-order chi connectivity index (χ0) is 11.5. The maximum atomic E-state index is 11.7. The minimum absolute atomic E-state index is 0.186. The van der Waals surface area contributed by atoms with Crippen LogP contribution in [0.5, 0.6) is 0 Å². The van der Waals surface area contributed by atoms with Gasteiger partial charge in [-0.1, -0.05) is 12.2 Å². The third-order valence-electron chi connectivity index (χ3n) is 2.31. The molecule has 1 N–H and O–H groups in total. The second-order valence-corrected chi connectivity index (χ2v) is 3.75.